The zero-order valence-electron chi connectivity index (χ0n) is 14.0. The summed E-state index contributed by atoms with van der Waals surface area (Å²) in [7, 11) is 1.34. The number of rotatable bonds is 3. The second kappa shape index (κ2) is 6.79. The van der Waals surface area contributed by atoms with Crippen LogP contribution in [0.5, 0.6) is 0 Å². The van der Waals surface area contributed by atoms with E-state index >= 15 is 0 Å². The van der Waals surface area contributed by atoms with Gasteiger partial charge in [0.2, 0.25) is 0 Å². The molecule has 1 atom stereocenters. The highest BCUT2D eigenvalue weighted by Crippen LogP contribution is 2.32. The quantitative estimate of drug-likeness (QED) is 0.633. The van der Waals surface area contributed by atoms with Crippen molar-refractivity contribution in [3.63, 3.8) is 0 Å². The van der Waals surface area contributed by atoms with Crippen molar-refractivity contribution >= 4 is 46.1 Å². The minimum Gasteiger partial charge on any atom is -0.466 e. The number of thiophene rings is 2. The van der Waals surface area contributed by atoms with Gasteiger partial charge in [-0.05, 0) is 35.9 Å². The number of aromatic nitrogens is 1. The van der Waals surface area contributed by atoms with Crippen LogP contribution >= 0.6 is 34.0 Å². The highest BCUT2D eigenvalue weighted by Gasteiger charge is 2.33. The first-order chi connectivity index (χ1) is 12.6. The van der Waals surface area contributed by atoms with Crippen LogP contribution in [0.2, 0.25) is 0 Å². The van der Waals surface area contributed by atoms with Crippen molar-refractivity contribution in [2.24, 2.45) is 4.99 Å². The molecular formula is C18H14N2O3S3. The average Bonchev–Trinajstić information content (AvgIpc) is 3.37. The van der Waals surface area contributed by atoms with Gasteiger partial charge in [0.15, 0.2) is 4.80 Å². The molecule has 0 aromatic carbocycles. The molecule has 0 N–H and O–H groups in total. The van der Waals surface area contributed by atoms with Crippen LogP contribution in [0.4, 0.5) is 0 Å². The van der Waals surface area contributed by atoms with E-state index in [-0.39, 0.29) is 5.56 Å². The number of esters is 1. The van der Waals surface area contributed by atoms with E-state index in [1.54, 1.807) is 22.8 Å². The lowest BCUT2D eigenvalue weighted by Gasteiger charge is -2.22. The monoisotopic (exact) mass is 402 g/mol. The summed E-state index contributed by atoms with van der Waals surface area (Å²) in [5.74, 6) is -0.461. The van der Waals surface area contributed by atoms with E-state index in [9.17, 15) is 9.59 Å². The molecule has 0 amide bonds. The van der Waals surface area contributed by atoms with Crippen molar-refractivity contribution in [3.8, 4) is 0 Å². The molecule has 26 heavy (non-hydrogen) atoms. The lowest BCUT2D eigenvalue weighted by molar-refractivity contribution is -0.136. The van der Waals surface area contributed by atoms with Crippen molar-refractivity contribution < 1.29 is 9.53 Å². The highest BCUT2D eigenvalue weighted by molar-refractivity contribution is 7.11. The molecular weight excluding hydrogens is 388 g/mol. The Morgan fingerprint density at radius 2 is 2.04 bits per heavy atom. The number of hydrogen-bond acceptors (Lipinski definition) is 7. The van der Waals surface area contributed by atoms with Crippen LogP contribution in [-0.4, -0.2) is 17.6 Å². The fourth-order valence-electron chi connectivity index (χ4n) is 2.91. The van der Waals surface area contributed by atoms with Crippen LogP contribution in [0.25, 0.3) is 6.08 Å². The summed E-state index contributed by atoms with van der Waals surface area (Å²) in [6.07, 6.45) is 1.87. The zero-order valence-corrected chi connectivity index (χ0v) is 16.4. The molecule has 0 saturated carbocycles. The van der Waals surface area contributed by atoms with Gasteiger partial charge >= 0.3 is 5.97 Å². The Morgan fingerprint density at radius 3 is 2.69 bits per heavy atom. The van der Waals surface area contributed by atoms with E-state index in [0.29, 0.717) is 20.6 Å². The Hall–Kier alpha value is -2.29. The first kappa shape index (κ1) is 17.1. The Balaban J connectivity index is 2.00. The Morgan fingerprint density at radius 1 is 1.27 bits per heavy atom. The largest absolute Gasteiger partial charge is 0.466 e. The summed E-state index contributed by atoms with van der Waals surface area (Å²) < 4.78 is 7.17. The molecule has 4 rings (SSSR count). The van der Waals surface area contributed by atoms with Crippen LogP contribution in [-0.2, 0) is 9.53 Å². The van der Waals surface area contributed by atoms with E-state index in [1.165, 1.54) is 29.8 Å². The molecule has 0 radical (unpaired) electrons. The number of ether oxygens (including phenoxy) is 1. The van der Waals surface area contributed by atoms with Crippen molar-refractivity contribution in [2.75, 3.05) is 7.11 Å². The van der Waals surface area contributed by atoms with Gasteiger partial charge < -0.3 is 4.74 Å². The number of carbonyl (C=O) groups is 1. The first-order valence-corrected chi connectivity index (χ1v) is 10.4. The van der Waals surface area contributed by atoms with Gasteiger partial charge in [0.05, 0.1) is 22.9 Å². The van der Waals surface area contributed by atoms with Crippen molar-refractivity contribution in [2.45, 2.75) is 13.0 Å². The fourth-order valence-corrected chi connectivity index (χ4v) is 5.50. The standard InChI is InChI=1S/C18H14N2O3S3/c1-10-14(17(22)23-2)15(12-6-4-8-25-12)20-16(21)13(26-18(20)19-10)9-11-5-3-7-24-11/h3-9,15H,1-2H3/b13-9+/t15-/m0/s1. The van der Waals surface area contributed by atoms with Gasteiger partial charge in [-0.15, -0.1) is 22.7 Å². The maximum atomic E-state index is 13.1. The molecule has 8 heteroatoms. The second-order valence-electron chi connectivity index (χ2n) is 5.60. The van der Waals surface area contributed by atoms with Gasteiger partial charge in [0.1, 0.15) is 6.04 Å². The predicted octanol–water partition coefficient (Wildman–Crippen LogP) is 2.53. The van der Waals surface area contributed by atoms with E-state index in [0.717, 1.165) is 9.75 Å². The minimum absolute atomic E-state index is 0.144. The molecule has 1 aliphatic rings. The van der Waals surface area contributed by atoms with Gasteiger partial charge in [-0.1, -0.05) is 23.5 Å². The molecule has 132 valence electrons. The van der Waals surface area contributed by atoms with E-state index < -0.39 is 12.0 Å². The number of allylic oxidation sites excluding steroid dienone is 1. The molecule has 0 unspecified atom stereocenters. The van der Waals surface area contributed by atoms with Gasteiger partial charge in [-0.25, -0.2) is 9.79 Å². The van der Waals surface area contributed by atoms with Crippen molar-refractivity contribution in [3.05, 3.63) is 75.7 Å². The molecule has 5 nitrogen and oxygen atoms in total. The van der Waals surface area contributed by atoms with Gasteiger partial charge in [-0.3, -0.25) is 9.36 Å². The molecule has 0 fully saturated rings. The van der Waals surface area contributed by atoms with E-state index in [2.05, 4.69) is 4.99 Å². The van der Waals surface area contributed by atoms with Crippen LogP contribution in [0.1, 0.15) is 22.7 Å². The summed E-state index contributed by atoms with van der Waals surface area (Å²) >= 11 is 4.41. The maximum Gasteiger partial charge on any atom is 0.338 e. The Kier molecular flexibility index (Phi) is 4.47. The molecule has 0 aliphatic carbocycles. The maximum absolute atomic E-state index is 13.1. The number of methoxy groups -OCH3 is 1. The summed E-state index contributed by atoms with van der Waals surface area (Å²) in [4.78, 5) is 32.6. The molecule has 0 bridgehead atoms. The number of carbonyl (C=O) groups excluding carboxylic acids is 1. The summed E-state index contributed by atoms with van der Waals surface area (Å²) in [6.45, 7) is 1.78. The highest BCUT2D eigenvalue weighted by atomic mass is 32.1. The predicted molar refractivity (Wildman–Crippen MR) is 104 cm³/mol. The Bertz CT molecular complexity index is 1170. The third-order valence-electron chi connectivity index (χ3n) is 4.06. The smallest absolute Gasteiger partial charge is 0.338 e. The molecule has 4 heterocycles. The van der Waals surface area contributed by atoms with E-state index in [1.807, 2.05) is 41.1 Å². The van der Waals surface area contributed by atoms with Crippen LogP contribution in [0.15, 0.2) is 56.1 Å². The minimum atomic E-state index is -0.510. The third kappa shape index (κ3) is 2.80. The Labute approximate surface area is 160 Å². The summed E-state index contributed by atoms with van der Waals surface area (Å²) in [5.41, 5.74) is 0.846. The summed E-state index contributed by atoms with van der Waals surface area (Å²) in [5, 5.41) is 3.90. The van der Waals surface area contributed by atoms with Crippen molar-refractivity contribution in [1.82, 2.24) is 4.57 Å². The number of nitrogens with zero attached hydrogens (tertiary/aromatic N) is 2. The lowest BCUT2D eigenvalue weighted by atomic mass is 10.0. The van der Waals surface area contributed by atoms with Crippen LogP contribution in [0, 0.1) is 0 Å². The number of hydrogen-bond donors (Lipinski definition) is 0. The number of fused-ring (bicyclic) bond motifs is 1. The topological polar surface area (TPSA) is 60.7 Å². The zero-order chi connectivity index (χ0) is 18.3. The molecule has 0 saturated heterocycles. The second-order valence-corrected chi connectivity index (χ2v) is 8.57. The number of thiazole rings is 1. The first-order valence-electron chi connectivity index (χ1n) is 7.78. The summed E-state index contributed by atoms with van der Waals surface area (Å²) in [6, 6.07) is 7.23. The molecule has 3 aromatic rings. The van der Waals surface area contributed by atoms with Crippen molar-refractivity contribution in [1.29, 1.82) is 0 Å². The van der Waals surface area contributed by atoms with Crippen LogP contribution in [0.3, 0.4) is 0 Å². The normalized spacial score (nSPS) is 17.2. The SMILES string of the molecule is COC(=O)C1=C(C)N=c2s/c(=C/c3cccs3)c(=O)n2[C@H]1c1cccs1. The fraction of sp³-hybridized carbons (Fsp3) is 0.167. The van der Waals surface area contributed by atoms with Crippen LogP contribution < -0.4 is 14.9 Å². The van der Waals surface area contributed by atoms with Gasteiger partial charge in [-0.2, -0.15) is 0 Å². The molecule has 3 aromatic heterocycles. The van der Waals surface area contributed by atoms with Gasteiger partial charge in [0, 0.05) is 9.75 Å². The van der Waals surface area contributed by atoms with Gasteiger partial charge in [0.25, 0.3) is 5.56 Å². The lowest BCUT2D eigenvalue weighted by Crippen LogP contribution is -2.39. The molecule has 1 aliphatic heterocycles. The third-order valence-corrected chi connectivity index (χ3v) is 6.78. The molecule has 0 spiro atoms. The van der Waals surface area contributed by atoms with E-state index in [4.69, 9.17) is 4.74 Å². The average molecular weight is 403 g/mol.